The lowest BCUT2D eigenvalue weighted by Gasteiger charge is -2.61. The first-order valence-corrected chi connectivity index (χ1v) is 10.7. The normalized spacial score (nSPS) is 32.9. The summed E-state index contributed by atoms with van der Waals surface area (Å²) >= 11 is 0. The Morgan fingerprint density at radius 3 is 2.32 bits per heavy atom. The summed E-state index contributed by atoms with van der Waals surface area (Å²) in [5, 5.41) is 3.24. The van der Waals surface area contributed by atoms with Crippen LogP contribution in [0.5, 0.6) is 5.75 Å². The smallest absolute Gasteiger partial charge is 0.230 e. The zero-order valence-electron chi connectivity index (χ0n) is 16.6. The highest BCUT2D eigenvalue weighted by atomic mass is 16.5. The monoisotopic (exact) mass is 375 g/mol. The van der Waals surface area contributed by atoms with E-state index in [0.29, 0.717) is 18.4 Å². The molecule has 0 unspecified atom stereocenters. The van der Waals surface area contributed by atoms with E-state index < -0.39 is 0 Å². The number of carbonyl (C=O) groups excluding carboxylic acids is 1. The van der Waals surface area contributed by atoms with Gasteiger partial charge in [-0.1, -0.05) is 30.3 Å². The number of anilines is 1. The molecule has 4 fully saturated rings. The zero-order valence-corrected chi connectivity index (χ0v) is 16.6. The van der Waals surface area contributed by atoms with Gasteiger partial charge in [-0.05, 0) is 92.5 Å². The molecule has 0 spiro atoms. The molecule has 4 saturated carbocycles. The Labute approximate surface area is 167 Å². The Morgan fingerprint density at radius 1 is 1.00 bits per heavy atom. The molecule has 28 heavy (non-hydrogen) atoms. The minimum absolute atomic E-state index is 0.196. The predicted molar refractivity (Wildman–Crippen MR) is 111 cm³/mol. The van der Waals surface area contributed by atoms with Gasteiger partial charge in [0.05, 0.1) is 12.0 Å². The van der Waals surface area contributed by atoms with Crippen LogP contribution in [-0.4, -0.2) is 12.5 Å². The summed E-state index contributed by atoms with van der Waals surface area (Å²) in [6, 6.07) is 18.7. The molecule has 2 aromatic carbocycles. The molecule has 0 radical (unpaired) electrons. The van der Waals surface area contributed by atoms with Crippen molar-refractivity contribution in [1.29, 1.82) is 0 Å². The molecule has 0 saturated heterocycles. The third kappa shape index (κ3) is 2.92. The number of amides is 1. The van der Waals surface area contributed by atoms with Crippen molar-refractivity contribution in [3.05, 3.63) is 60.2 Å². The molecule has 2 atom stereocenters. The first-order chi connectivity index (χ1) is 13.6. The highest BCUT2D eigenvalue weighted by molar-refractivity contribution is 5.96. The molecular weight excluding hydrogens is 346 g/mol. The summed E-state index contributed by atoms with van der Waals surface area (Å²) in [6.07, 6.45) is 6.94. The molecular formula is C25H29NO2. The van der Waals surface area contributed by atoms with E-state index in [4.69, 9.17) is 4.74 Å². The van der Waals surface area contributed by atoms with Crippen molar-refractivity contribution in [2.75, 3.05) is 11.9 Å². The van der Waals surface area contributed by atoms with Gasteiger partial charge in [0, 0.05) is 5.69 Å². The number of hydrogen-bond acceptors (Lipinski definition) is 2. The topological polar surface area (TPSA) is 38.3 Å². The third-order valence-electron chi connectivity index (χ3n) is 7.35. The van der Waals surface area contributed by atoms with E-state index in [0.717, 1.165) is 30.7 Å². The van der Waals surface area contributed by atoms with Gasteiger partial charge in [0.15, 0.2) is 0 Å². The van der Waals surface area contributed by atoms with Crippen LogP contribution in [0.3, 0.4) is 0 Å². The molecule has 0 aromatic heterocycles. The standard InChI is InChI=1S/C25H29NO2/c1-2-28-22-10-8-21(9-11-22)26-23(27)25-15-18-12-19(16-25)14-24(13-18,17-25)20-6-4-3-5-7-20/h3-11,18-19H,2,12-17H2,1H3,(H,26,27)/t18-,19-,24?,25?/m0/s1. The first-order valence-electron chi connectivity index (χ1n) is 10.7. The Bertz CT molecular complexity index is 844. The van der Waals surface area contributed by atoms with E-state index in [9.17, 15) is 4.79 Å². The average molecular weight is 376 g/mol. The first kappa shape index (κ1) is 17.8. The molecule has 1 amide bonds. The van der Waals surface area contributed by atoms with E-state index in [2.05, 4.69) is 35.6 Å². The highest BCUT2D eigenvalue weighted by Crippen LogP contribution is 2.65. The minimum Gasteiger partial charge on any atom is -0.494 e. The fourth-order valence-corrected chi connectivity index (χ4v) is 6.72. The summed E-state index contributed by atoms with van der Waals surface area (Å²) in [4.78, 5) is 13.5. The van der Waals surface area contributed by atoms with Crippen LogP contribution in [0, 0.1) is 17.3 Å². The average Bonchev–Trinajstić information content (AvgIpc) is 2.69. The van der Waals surface area contributed by atoms with Crippen molar-refractivity contribution in [3.63, 3.8) is 0 Å². The lowest BCUT2D eigenvalue weighted by Crippen LogP contribution is -2.57. The number of ether oxygens (including phenoxy) is 1. The number of carbonyl (C=O) groups is 1. The van der Waals surface area contributed by atoms with Crippen molar-refractivity contribution in [3.8, 4) is 5.75 Å². The van der Waals surface area contributed by atoms with Crippen LogP contribution < -0.4 is 10.1 Å². The van der Waals surface area contributed by atoms with Crippen LogP contribution in [-0.2, 0) is 10.2 Å². The number of rotatable bonds is 5. The second kappa shape index (κ2) is 6.65. The number of benzene rings is 2. The molecule has 2 aromatic rings. The van der Waals surface area contributed by atoms with Crippen molar-refractivity contribution >= 4 is 11.6 Å². The van der Waals surface area contributed by atoms with E-state index >= 15 is 0 Å². The van der Waals surface area contributed by atoms with Gasteiger partial charge in [0.25, 0.3) is 0 Å². The maximum atomic E-state index is 13.5. The summed E-state index contributed by atoms with van der Waals surface area (Å²) in [6.45, 7) is 2.63. The second-order valence-electron chi connectivity index (χ2n) is 9.30. The van der Waals surface area contributed by atoms with Crippen LogP contribution in [0.15, 0.2) is 54.6 Å². The van der Waals surface area contributed by atoms with Crippen LogP contribution in [0.1, 0.15) is 51.0 Å². The predicted octanol–water partition coefficient (Wildman–Crippen LogP) is 5.56. The zero-order chi connectivity index (χ0) is 19.2. The summed E-state index contributed by atoms with van der Waals surface area (Å²) in [5.74, 6) is 2.45. The summed E-state index contributed by atoms with van der Waals surface area (Å²) < 4.78 is 5.52. The van der Waals surface area contributed by atoms with Crippen molar-refractivity contribution in [1.82, 2.24) is 0 Å². The maximum absolute atomic E-state index is 13.5. The Hall–Kier alpha value is -2.29. The highest BCUT2D eigenvalue weighted by Gasteiger charge is 2.60. The quantitative estimate of drug-likeness (QED) is 0.743. The van der Waals surface area contributed by atoms with Gasteiger partial charge in [0.1, 0.15) is 5.75 Å². The van der Waals surface area contributed by atoms with E-state index in [1.165, 1.54) is 24.8 Å². The van der Waals surface area contributed by atoms with Crippen molar-refractivity contribution < 1.29 is 9.53 Å². The lowest BCUT2D eigenvalue weighted by atomic mass is 9.42. The van der Waals surface area contributed by atoms with Gasteiger partial charge >= 0.3 is 0 Å². The molecule has 1 N–H and O–H groups in total. The molecule has 3 nitrogen and oxygen atoms in total. The van der Waals surface area contributed by atoms with Crippen LogP contribution in [0.2, 0.25) is 0 Å². The minimum atomic E-state index is -0.210. The van der Waals surface area contributed by atoms with E-state index in [1.807, 2.05) is 31.2 Å². The number of nitrogens with one attached hydrogen (secondary N) is 1. The molecule has 0 heterocycles. The Balaban J connectivity index is 1.40. The Kier molecular flexibility index (Phi) is 4.22. The molecule has 4 aliphatic carbocycles. The van der Waals surface area contributed by atoms with Gasteiger partial charge in [-0.25, -0.2) is 0 Å². The van der Waals surface area contributed by atoms with Gasteiger partial charge in [-0.15, -0.1) is 0 Å². The van der Waals surface area contributed by atoms with Gasteiger partial charge in [0.2, 0.25) is 5.91 Å². The maximum Gasteiger partial charge on any atom is 0.230 e. The molecule has 3 heteroatoms. The van der Waals surface area contributed by atoms with Gasteiger partial charge in [-0.3, -0.25) is 4.79 Å². The number of hydrogen-bond donors (Lipinski definition) is 1. The van der Waals surface area contributed by atoms with Gasteiger partial charge < -0.3 is 10.1 Å². The fraction of sp³-hybridized carbons (Fsp3) is 0.480. The molecule has 4 bridgehead atoms. The van der Waals surface area contributed by atoms with Crippen LogP contribution in [0.4, 0.5) is 5.69 Å². The van der Waals surface area contributed by atoms with Crippen molar-refractivity contribution in [2.24, 2.45) is 17.3 Å². The van der Waals surface area contributed by atoms with Crippen LogP contribution in [0.25, 0.3) is 0 Å². The molecule has 146 valence electrons. The summed E-state index contributed by atoms with van der Waals surface area (Å²) in [5.41, 5.74) is 2.31. The third-order valence-corrected chi connectivity index (χ3v) is 7.35. The van der Waals surface area contributed by atoms with Crippen molar-refractivity contribution in [2.45, 2.75) is 50.9 Å². The van der Waals surface area contributed by atoms with Gasteiger partial charge in [-0.2, -0.15) is 0 Å². The van der Waals surface area contributed by atoms with E-state index in [1.54, 1.807) is 0 Å². The second-order valence-corrected chi connectivity index (χ2v) is 9.30. The largest absolute Gasteiger partial charge is 0.494 e. The van der Waals surface area contributed by atoms with Crippen LogP contribution >= 0.6 is 0 Å². The fourth-order valence-electron chi connectivity index (χ4n) is 6.72. The molecule has 0 aliphatic heterocycles. The lowest BCUT2D eigenvalue weighted by molar-refractivity contribution is -0.143. The van der Waals surface area contributed by atoms with E-state index in [-0.39, 0.29) is 16.7 Å². The summed E-state index contributed by atoms with van der Waals surface area (Å²) in [7, 11) is 0. The Morgan fingerprint density at radius 2 is 1.68 bits per heavy atom. The molecule has 6 rings (SSSR count). The SMILES string of the molecule is CCOc1ccc(NC(=O)C23C[C@H]4C[C@H](C2)CC(c2ccccc2)(C4)C3)cc1. The molecule has 4 aliphatic rings.